The molecule has 1 N–H and O–H groups in total. The van der Waals surface area contributed by atoms with E-state index < -0.39 is 46.5 Å². The summed E-state index contributed by atoms with van der Waals surface area (Å²) < 4.78 is 65.3. The molecule has 2 fully saturated rings. The first-order valence-electron chi connectivity index (χ1n) is 15.0. The zero-order valence-corrected chi connectivity index (χ0v) is 25.8. The summed E-state index contributed by atoms with van der Waals surface area (Å²) in [5, 5.41) is 3.33. The first-order valence-corrected chi connectivity index (χ1v) is 15.7. The standard InChI is InChI=1S/C33H26Cl2F4N4O3.CH4/c1-46-30(44)18-12-23-25(13-20(18)33(37,38)39)42-10-9-24-26(29(42)40-23)27(17-3-2-4-21(35)28(17)36)32(43(24)14-15-5-6-15)19-8-7-16(34)11-22(19)41-31(32)45;/h2-4,7-8,11-13,15,24,26-27H,5-6,9-10,14H2,1H3,(H,41,45);1H4/t24-,26+,27-,32+;/m0./s1. The number of rotatable bonds is 4. The molecule has 1 aliphatic carbocycles. The van der Waals surface area contributed by atoms with Crippen molar-refractivity contribution in [2.45, 2.75) is 62.8 Å². The van der Waals surface area contributed by atoms with Crippen molar-refractivity contribution in [2.75, 3.05) is 19.0 Å². The smallest absolute Gasteiger partial charge is 0.417 e. The number of hydrogen-bond acceptors (Lipinski definition) is 5. The van der Waals surface area contributed by atoms with Crippen LogP contribution in [0.15, 0.2) is 48.5 Å². The Labute approximate surface area is 277 Å². The Balaban J connectivity index is 0.00000351. The van der Waals surface area contributed by atoms with Gasteiger partial charge in [0.15, 0.2) is 0 Å². The van der Waals surface area contributed by atoms with Crippen molar-refractivity contribution in [2.24, 2.45) is 5.92 Å². The van der Waals surface area contributed by atoms with E-state index in [9.17, 15) is 22.8 Å². The number of anilines is 1. The number of aryl methyl sites for hydroxylation is 1. The Bertz CT molecular complexity index is 1980. The van der Waals surface area contributed by atoms with Crippen LogP contribution < -0.4 is 5.32 Å². The number of hydrogen-bond donors (Lipinski definition) is 1. The normalized spacial score (nSPS) is 24.9. The highest BCUT2D eigenvalue weighted by molar-refractivity contribution is 6.31. The van der Waals surface area contributed by atoms with Crippen molar-refractivity contribution in [1.82, 2.24) is 14.5 Å². The first-order chi connectivity index (χ1) is 21.9. The summed E-state index contributed by atoms with van der Waals surface area (Å²) >= 11 is 12.7. The van der Waals surface area contributed by atoms with Gasteiger partial charge in [-0.1, -0.05) is 48.8 Å². The predicted octanol–water partition coefficient (Wildman–Crippen LogP) is 8.14. The number of aromatic nitrogens is 2. The van der Waals surface area contributed by atoms with Crippen LogP contribution in [0.3, 0.4) is 0 Å². The number of nitrogens with zero attached hydrogens (tertiary/aromatic N) is 3. The lowest BCUT2D eigenvalue weighted by Gasteiger charge is -2.40. The second-order valence-electron chi connectivity index (χ2n) is 12.5. The molecule has 1 saturated carbocycles. The summed E-state index contributed by atoms with van der Waals surface area (Å²) in [6.45, 7) is 0.874. The minimum Gasteiger partial charge on any atom is -0.465 e. The number of imidazole rings is 1. The molecule has 3 aromatic carbocycles. The minimum atomic E-state index is -4.84. The maximum Gasteiger partial charge on any atom is 0.417 e. The molecule has 47 heavy (non-hydrogen) atoms. The summed E-state index contributed by atoms with van der Waals surface area (Å²) in [5.74, 6) is -2.88. The number of fused-ring (bicyclic) bond motifs is 7. The number of carbonyl (C=O) groups is 2. The van der Waals surface area contributed by atoms with Crippen LogP contribution in [0.5, 0.6) is 0 Å². The largest absolute Gasteiger partial charge is 0.465 e. The van der Waals surface area contributed by atoms with Gasteiger partial charge in [0.1, 0.15) is 17.2 Å². The van der Waals surface area contributed by atoms with Gasteiger partial charge in [-0.3, -0.25) is 9.69 Å². The Kier molecular flexibility index (Phi) is 7.42. The number of carbonyl (C=O) groups excluding carboxylic acids is 2. The van der Waals surface area contributed by atoms with Crippen LogP contribution in [0.25, 0.3) is 11.0 Å². The van der Waals surface area contributed by atoms with Crippen LogP contribution in [0, 0.1) is 11.7 Å². The van der Waals surface area contributed by atoms with Gasteiger partial charge in [0, 0.05) is 47.2 Å². The van der Waals surface area contributed by atoms with E-state index in [0.29, 0.717) is 47.5 Å². The van der Waals surface area contributed by atoms with Crippen molar-refractivity contribution in [3.63, 3.8) is 0 Å². The summed E-state index contributed by atoms with van der Waals surface area (Å²) in [7, 11) is 1.02. The average Bonchev–Trinajstić information content (AvgIpc) is 3.61. The molecule has 0 unspecified atom stereocenters. The zero-order valence-electron chi connectivity index (χ0n) is 24.3. The van der Waals surface area contributed by atoms with Gasteiger partial charge < -0.3 is 14.6 Å². The third-order valence-electron chi connectivity index (χ3n) is 10.1. The Morgan fingerprint density at radius 2 is 1.89 bits per heavy atom. The maximum atomic E-state index is 16.3. The summed E-state index contributed by atoms with van der Waals surface area (Å²) in [6, 6.07) is 11.6. The molecule has 1 saturated heterocycles. The van der Waals surface area contributed by atoms with Gasteiger partial charge in [0.2, 0.25) is 5.91 Å². The Morgan fingerprint density at radius 1 is 1.13 bits per heavy atom. The quantitative estimate of drug-likeness (QED) is 0.173. The molecule has 246 valence electrons. The summed E-state index contributed by atoms with van der Waals surface area (Å²) in [6.07, 6.45) is -2.39. The van der Waals surface area contributed by atoms with E-state index in [1.807, 2.05) is 0 Å². The van der Waals surface area contributed by atoms with Crippen molar-refractivity contribution in [3.8, 4) is 0 Å². The molecule has 4 heterocycles. The molecule has 1 amide bonds. The molecule has 1 spiro atoms. The lowest BCUT2D eigenvalue weighted by molar-refractivity contribution is -0.138. The molecule has 4 aromatic rings. The van der Waals surface area contributed by atoms with Crippen LogP contribution in [0.4, 0.5) is 23.2 Å². The molecule has 0 bridgehead atoms. The predicted molar refractivity (Wildman–Crippen MR) is 169 cm³/mol. The van der Waals surface area contributed by atoms with E-state index in [-0.39, 0.29) is 41.0 Å². The van der Waals surface area contributed by atoms with Crippen LogP contribution in [0.1, 0.15) is 71.4 Å². The lowest BCUT2D eigenvalue weighted by atomic mass is 9.70. The second-order valence-corrected chi connectivity index (χ2v) is 13.3. The minimum absolute atomic E-state index is 0. The highest BCUT2D eigenvalue weighted by atomic mass is 35.5. The molecular formula is C34H30Cl2F4N4O3. The van der Waals surface area contributed by atoms with Gasteiger partial charge in [-0.15, -0.1) is 0 Å². The number of likely N-dealkylation sites (tertiary alicyclic amines) is 1. The van der Waals surface area contributed by atoms with E-state index in [2.05, 4.69) is 15.0 Å². The lowest BCUT2D eigenvalue weighted by Crippen LogP contribution is -2.53. The Hall–Kier alpha value is -3.67. The fraction of sp³-hybridized carbons (Fsp3) is 0.382. The monoisotopic (exact) mass is 688 g/mol. The first kappa shape index (κ1) is 31.9. The molecular weight excluding hydrogens is 659 g/mol. The van der Waals surface area contributed by atoms with Crippen LogP contribution in [-0.2, 0) is 27.8 Å². The van der Waals surface area contributed by atoms with Gasteiger partial charge in [-0.2, -0.15) is 13.2 Å². The number of alkyl halides is 3. The molecule has 7 nitrogen and oxygen atoms in total. The van der Waals surface area contributed by atoms with Crippen molar-refractivity contribution in [1.29, 1.82) is 0 Å². The molecule has 0 radical (unpaired) electrons. The fourth-order valence-corrected chi connectivity index (χ4v) is 8.50. The molecule has 3 aliphatic heterocycles. The number of esters is 1. The van der Waals surface area contributed by atoms with Crippen LogP contribution in [-0.4, -0.2) is 46.0 Å². The SMILES string of the molecule is C.COC(=O)c1cc2nc3n(c2cc1C(F)(F)F)CC[C@H]1[C@@H]3[C@H](c2cccc(Cl)c2F)[C@]2(C(=O)Nc3cc(Cl)ccc32)N1CC1CC1. The van der Waals surface area contributed by atoms with Gasteiger partial charge in [-0.25, -0.2) is 14.2 Å². The summed E-state index contributed by atoms with van der Waals surface area (Å²) in [5.41, 5.74) is -1.41. The molecule has 4 atom stereocenters. The second kappa shape index (κ2) is 10.9. The highest BCUT2D eigenvalue weighted by Gasteiger charge is 2.69. The number of ether oxygens (including phenoxy) is 1. The zero-order chi connectivity index (χ0) is 32.3. The third kappa shape index (κ3) is 4.53. The molecule has 4 aliphatic rings. The molecule has 13 heteroatoms. The van der Waals surface area contributed by atoms with Crippen molar-refractivity contribution in [3.05, 3.63) is 92.5 Å². The van der Waals surface area contributed by atoms with Crippen molar-refractivity contribution >= 4 is 51.8 Å². The van der Waals surface area contributed by atoms with E-state index in [1.54, 1.807) is 34.9 Å². The maximum absolute atomic E-state index is 16.3. The topological polar surface area (TPSA) is 76.5 Å². The van der Waals surface area contributed by atoms with Gasteiger partial charge in [0.25, 0.3) is 0 Å². The van der Waals surface area contributed by atoms with Crippen molar-refractivity contribution < 1.29 is 31.9 Å². The van der Waals surface area contributed by atoms with Gasteiger partial charge in [-0.05, 0) is 61.1 Å². The number of amides is 1. The molecule has 1 aromatic heterocycles. The molecule has 8 rings (SSSR count). The number of halogens is 6. The summed E-state index contributed by atoms with van der Waals surface area (Å²) in [4.78, 5) is 34.1. The van der Waals surface area contributed by atoms with Gasteiger partial charge >= 0.3 is 12.1 Å². The average molecular weight is 690 g/mol. The van der Waals surface area contributed by atoms with Gasteiger partial charge in [0.05, 0.1) is 34.3 Å². The third-order valence-corrected chi connectivity index (χ3v) is 10.6. The Morgan fingerprint density at radius 3 is 2.60 bits per heavy atom. The van der Waals surface area contributed by atoms with Crippen LogP contribution in [0.2, 0.25) is 10.0 Å². The highest BCUT2D eigenvalue weighted by Crippen LogP contribution is 2.64. The van der Waals surface area contributed by atoms with E-state index >= 15 is 4.39 Å². The fourth-order valence-electron chi connectivity index (χ4n) is 8.15. The van der Waals surface area contributed by atoms with E-state index in [4.69, 9.17) is 28.2 Å². The number of benzene rings is 3. The van der Waals surface area contributed by atoms with E-state index in [1.165, 1.54) is 6.07 Å². The number of nitrogens with one attached hydrogen (secondary N) is 1. The van der Waals surface area contributed by atoms with Crippen LogP contribution >= 0.6 is 23.2 Å². The van der Waals surface area contributed by atoms with E-state index in [0.717, 1.165) is 32.1 Å². The number of methoxy groups -OCH3 is 1.